The van der Waals surface area contributed by atoms with Crippen molar-refractivity contribution in [2.75, 3.05) is 0 Å². The first-order valence-corrected chi connectivity index (χ1v) is 11.1. The lowest BCUT2D eigenvalue weighted by molar-refractivity contribution is 0.198. The summed E-state index contributed by atoms with van der Waals surface area (Å²) < 4.78 is 41.0. The largest absolute Gasteiger partial charge is 0.725 e. The van der Waals surface area contributed by atoms with Crippen molar-refractivity contribution in [2.45, 2.75) is 6.92 Å². The minimum absolute atomic E-state index is 0.0872. The molecule has 2 aliphatic heterocycles. The van der Waals surface area contributed by atoms with Crippen molar-refractivity contribution in [2.24, 2.45) is 0 Å². The van der Waals surface area contributed by atoms with Gasteiger partial charge in [0.25, 0.3) is 0 Å². The normalized spacial score (nSPS) is 17.3. The highest BCUT2D eigenvalue weighted by Crippen LogP contribution is 2.35. The van der Waals surface area contributed by atoms with Crippen molar-refractivity contribution in [3.05, 3.63) is 125 Å². The smallest absolute Gasteiger partial charge is 0.627 e. The quantitative estimate of drug-likeness (QED) is 0.254. The fourth-order valence-corrected chi connectivity index (χ4v) is 4.51. The number of aryl methyl sites for hydroxylation is 1. The summed E-state index contributed by atoms with van der Waals surface area (Å²) in [6, 6.07) is 31.0. The third-order valence-electron chi connectivity index (χ3n) is 6.10. The van der Waals surface area contributed by atoms with Gasteiger partial charge in [-0.25, -0.2) is 0 Å². The maximum Gasteiger partial charge on any atom is 0.725 e. The van der Waals surface area contributed by atoms with Crippen LogP contribution in [0.15, 0.2) is 103 Å². The van der Waals surface area contributed by atoms with Crippen LogP contribution in [-0.2, 0) is 9.31 Å². The van der Waals surface area contributed by atoms with Gasteiger partial charge in [-0.3, -0.25) is 0 Å². The molecule has 2 heterocycles. The lowest BCUT2D eigenvalue weighted by Crippen LogP contribution is -2.35. The summed E-state index contributed by atoms with van der Waals surface area (Å²) in [6.07, 6.45) is 1.54. The Morgan fingerprint density at radius 2 is 1.47 bits per heavy atom. The first-order valence-electron chi connectivity index (χ1n) is 11.1. The molecule has 0 spiro atoms. The maximum atomic E-state index is 14.5. The third-order valence-corrected chi connectivity index (χ3v) is 6.10. The van der Waals surface area contributed by atoms with E-state index in [1.165, 1.54) is 11.6 Å². The Labute approximate surface area is 195 Å². The summed E-state index contributed by atoms with van der Waals surface area (Å²) in [7, 11) is -4.49. The van der Waals surface area contributed by atoms with Crippen LogP contribution in [0.4, 0.5) is 20.0 Å². The second kappa shape index (κ2) is 7.70. The number of para-hydroxylation sites is 1. The molecule has 0 fully saturated rings. The Morgan fingerprint density at radius 3 is 2.26 bits per heavy atom. The van der Waals surface area contributed by atoms with Crippen molar-refractivity contribution in [3.8, 4) is 11.1 Å². The van der Waals surface area contributed by atoms with Gasteiger partial charge in [0.15, 0.2) is 0 Å². The highest BCUT2D eigenvalue weighted by Gasteiger charge is 2.38. The van der Waals surface area contributed by atoms with Crippen LogP contribution in [0.2, 0.25) is 0 Å². The zero-order valence-electron chi connectivity index (χ0n) is 18.4. The van der Waals surface area contributed by atoms with E-state index in [-0.39, 0.29) is 11.5 Å². The van der Waals surface area contributed by atoms with Crippen molar-refractivity contribution in [3.63, 3.8) is 0 Å². The number of fused-ring (bicyclic) bond motifs is 3. The number of nitrogens with zero attached hydrogens (tertiary/aromatic N) is 1. The van der Waals surface area contributed by atoms with Gasteiger partial charge in [0.2, 0.25) is 16.7 Å². The number of hydrogen-bond donors (Lipinski definition) is 0. The molecule has 3 nitrogen and oxygen atoms in total. The first kappa shape index (κ1) is 20.4. The van der Waals surface area contributed by atoms with E-state index in [9.17, 15) is 8.63 Å². The minimum atomic E-state index is -4.49. The van der Waals surface area contributed by atoms with Crippen molar-refractivity contribution in [1.82, 2.24) is 4.58 Å². The zero-order valence-corrected chi connectivity index (χ0v) is 18.4. The van der Waals surface area contributed by atoms with E-state index < -0.39 is 7.11 Å². The van der Waals surface area contributed by atoms with Crippen LogP contribution in [-0.4, -0.2) is 7.11 Å². The molecule has 2 aliphatic rings. The summed E-state index contributed by atoms with van der Waals surface area (Å²) >= 11 is 0. The number of hydrogen-bond acceptors (Lipinski definition) is 2. The predicted octanol–water partition coefficient (Wildman–Crippen LogP) is 5.70. The lowest BCUT2D eigenvalue weighted by atomic mass is 10.0. The Morgan fingerprint density at radius 1 is 0.735 bits per heavy atom. The van der Waals surface area contributed by atoms with Crippen molar-refractivity contribution >= 4 is 30.0 Å². The Hall–Kier alpha value is -4.19. The van der Waals surface area contributed by atoms with Gasteiger partial charge in [0.05, 0.1) is 22.6 Å². The summed E-state index contributed by atoms with van der Waals surface area (Å²) in [5.74, 6) is 0.179. The standard InChI is InChI=1S/C28H20BF2NO2/c1-19-11-14-22(15-12-19)32-25-10-6-5-9-23(25)24-17-21(13-16-26(24)32)28-18-27(33-29(30,31)34-28)20-7-3-2-4-8-20/h2-18H,1H3. The molecule has 0 amide bonds. The van der Waals surface area contributed by atoms with E-state index in [4.69, 9.17) is 9.31 Å². The molecule has 6 heteroatoms. The van der Waals surface area contributed by atoms with Gasteiger partial charge in [-0.15, -0.1) is 0 Å². The van der Waals surface area contributed by atoms with Gasteiger partial charge >= 0.3 is 7.11 Å². The molecule has 4 aromatic rings. The van der Waals surface area contributed by atoms with E-state index in [2.05, 4.69) is 41.8 Å². The molecule has 6 rings (SSSR count). The minimum Gasteiger partial charge on any atom is -0.627 e. The van der Waals surface area contributed by atoms with E-state index in [1.54, 1.807) is 24.3 Å². The second-order valence-electron chi connectivity index (χ2n) is 8.43. The molecule has 0 saturated carbocycles. The second-order valence-corrected chi connectivity index (χ2v) is 8.43. The number of benzene rings is 4. The van der Waals surface area contributed by atoms with Gasteiger partial charge in [-0.05, 0) is 25.1 Å². The Kier molecular flexibility index (Phi) is 4.62. The number of rotatable bonds is 2. The summed E-state index contributed by atoms with van der Waals surface area (Å²) in [5.41, 5.74) is 5.84. The van der Waals surface area contributed by atoms with Crippen LogP contribution in [0.25, 0.3) is 22.6 Å². The molecule has 0 unspecified atom stereocenters. The monoisotopic (exact) mass is 451 g/mol. The van der Waals surface area contributed by atoms with Crippen LogP contribution >= 0.6 is 0 Å². The molecular formula is C28H20BF2NO2. The van der Waals surface area contributed by atoms with E-state index >= 15 is 0 Å². The van der Waals surface area contributed by atoms with Crippen LogP contribution in [0.3, 0.4) is 0 Å². The van der Waals surface area contributed by atoms with Crippen LogP contribution < -0.4 is 15.2 Å². The van der Waals surface area contributed by atoms with Gasteiger partial charge in [-0.2, -0.15) is 4.58 Å². The fourth-order valence-electron chi connectivity index (χ4n) is 4.51. The summed E-state index contributed by atoms with van der Waals surface area (Å²) in [6.45, 7) is 2.06. The van der Waals surface area contributed by atoms with E-state index in [0.717, 1.165) is 27.9 Å². The molecule has 34 heavy (non-hydrogen) atoms. The summed E-state index contributed by atoms with van der Waals surface area (Å²) in [4.78, 5) is 0. The molecule has 166 valence electrons. The fraction of sp³-hybridized carbons (Fsp3) is 0.0357. The molecule has 0 saturated heterocycles. The maximum absolute atomic E-state index is 14.5. The molecular weight excluding hydrogens is 431 g/mol. The Bertz CT molecular complexity index is 1580. The highest BCUT2D eigenvalue weighted by atomic mass is 19.3. The molecule has 0 atom stereocenters. The zero-order chi connectivity index (χ0) is 23.3. The first-order chi connectivity index (χ1) is 16.5. The van der Waals surface area contributed by atoms with Gasteiger partial charge in [-0.1, -0.05) is 60.2 Å². The van der Waals surface area contributed by atoms with Gasteiger partial charge < -0.3 is 17.9 Å². The molecule has 0 N–H and O–H groups in total. The predicted molar refractivity (Wildman–Crippen MR) is 131 cm³/mol. The van der Waals surface area contributed by atoms with Crippen LogP contribution in [0.1, 0.15) is 11.1 Å². The topological polar surface area (TPSA) is 21.5 Å². The number of halogens is 2. The molecule has 0 aromatic heterocycles. The Balaban J connectivity index is 1.59. The van der Waals surface area contributed by atoms with Gasteiger partial charge in [0.1, 0.15) is 0 Å². The molecule has 0 bridgehead atoms. The van der Waals surface area contributed by atoms with Crippen LogP contribution in [0, 0.1) is 6.92 Å². The average molecular weight is 451 g/mol. The van der Waals surface area contributed by atoms with Crippen LogP contribution in [0.5, 0.6) is 0 Å². The molecule has 0 radical (unpaired) electrons. The van der Waals surface area contributed by atoms with E-state index in [1.807, 2.05) is 42.5 Å². The van der Waals surface area contributed by atoms with Gasteiger partial charge in [0, 0.05) is 41.1 Å². The van der Waals surface area contributed by atoms with Crippen molar-refractivity contribution < 1.29 is 17.9 Å². The highest BCUT2D eigenvalue weighted by molar-refractivity contribution is 6.54. The average Bonchev–Trinajstić information content (AvgIpc) is 3.18. The SMILES string of the molecule is Cc1ccc([N+]2=c3ccc(=C4C=C(c5ccccc5)O[B-](F)(F)O4)cc3-c3ccccc32)cc1. The van der Waals surface area contributed by atoms with E-state index in [0.29, 0.717) is 10.8 Å². The lowest BCUT2D eigenvalue weighted by Gasteiger charge is -2.34. The third kappa shape index (κ3) is 3.48. The molecule has 0 aliphatic carbocycles. The summed E-state index contributed by atoms with van der Waals surface area (Å²) in [5, 5.41) is 1.56. The molecule has 4 aromatic carbocycles. The van der Waals surface area contributed by atoms with Crippen molar-refractivity contribution in [1.29, 1.82) is 0 Å².